The van der Waals surface area contributed by atoms with Gasteiger partial charge in [-0.2, -0.15) is 0 Å². The smallest absolute Gasteiger partial charge is 0.332 e. The SMILES string of the molecule is CCCCn1c(N)c(NC2CCOCC2)c(=O)n(C)c1=O. The number of unbranched alkanes of at least 4 members (excludes halogenated alkanes) is 1. The fourth-order valence-corrected chi connectivity index (χ4v) is 2.50. The van der Waals surface area contributed by atoms with Crippen molar-refractivity contribution in [3.05, 3.63) is 20.8 Å². The van der Waals surface area contributed by atoms with Crippen LogP contribution in [0.5, 0.6) is 0 Å². The minimum Gasteiger partial charge on any atom is -0.383 e. The second-order valence-electron chi connectivity index (χ2n) is 5.44. The van der Waals surface area contributed by atoms with Gasteiger partial charge in [0, 0.05) is 32.8 Å². The molecule has 1 saturated heterocycles. The van der Waals surface area contributed by atoms with Crippen LogP contribution in [0, 0.1) is 0 Å². The molecule has 7 heteroatoms. The summed E-state index contributed by atoms with van der Waals surface area (Å²) in [5.41, 5.74) is 5.68. The van der Waals surface area contributed by atoms with Gasteiger partial charge in [-0.05, 0) is 19.3 Å². The number of anilines is 2. The zero-order valence-electron chi connectivity index (χ0n) is 12.7. The van der Waals surface area contributed by atoms with Crippen LogP contribution in [0.2, 0.25) is 0 Å². The number of hydrogen-bond donors (Lipinski definition) is 2. The van der Waals surface area contributed by atoms with E-state index in [0.717, 1.165) is 30.3 Å². The second kappa shape index (κ2) is 6.80. The fourth-order valence-electron chi connectivity index (χ4n) is 2.50. The Morgan fingerprint density at radius 1 is 1.33 bits per heavy atom. The van der Waals surface area contributed by atoms with Gasteiger partial charge in [0.15, 0.2) is 0 Å². The summed E-state index contributed by atoms with van der Waals surface area (Å²) in [5, 5.41) is 3.20. The number of nitrogens with one attached hydrogen (secondary N) is 1. The van der Waals surface area contributed by atoms with Crippen molar-refractivity contribution in [3.63, 3.8) is 0 Å². The third-order valence-corrected chi connectivity index (χ3v) is 3.89. The molecular weight excluding hydrogens is 272 g/mol. The maximum absolute atomic E-state index is 12.3. The Balaban J connectivity index is 2.37. The van der Waals surface area contributed by atoms with E-state index in [-0.39, 0.29) is 23.1 Å². The highest BCUT2D eigenvalue weighted by molar-refractivity contribution is 5.61. The number of rotatable bonds is 5. The van der Waals surface area contributed by atoms with Crippen LogP contribution < -0.4 is 22.3 Å². The summed E-state index contributed by atoms with van der Waals surface area (Å²) in [7, 11) is 1.49. The largest absolute Gasteiger partial charge is 0.383 e. The zero-order valence-corrected chi connectivity index (χ0v) is 12.7. The topological polar surface area (TPSA) is 91.3 Å². The van der Waals surface area contributed by atoms with Gasteiger partial charge in [-0.15, -0.1) is 0 Å². The van der Waals surface area contributed by atoms with E-state index < -0.39 is 0 Å². The molecule has 3 N–H and O–H groups in total. The molecule has 1 fully saturated rings. The van der Waals surface area contributed by atoms with Gasteiger partial charge in [0.2, 0.25) is 0 Å². The first-order valence-corrected chi connectivity index (χ1v) is 7.49. The first-order chi connectivity index (χ1) is 10.1. The molecule has 7 nitrogen and oxygen atoms in total. The molecule has 1 aromatic heterocycles. The average molecular weight is 296 g/mol. The van der Waals surface area contributed by atoms with Crippen molar-refractivity contribution in [1.82, 2.24) is 9.13 Å². The molecule has 2 rings (SSSR count). The van der Waals surface area contributed by atoms with Crippen LogP contribution in [0.15, 0.2) is 9.59 Å². The molecule has 1 aliphatic rings. The summed E-state index contributed by atoms with van der Waals surface area (Å²) < 4.78 is 7.91. The molecule has 2 heterocycles. The van der Waals surface area contributed by atoms with E-state index in [0.29, 0.717) is 25.4 Å². The van der Waals surface area contributed by atoms with Crippen molar-refractivity contribution in [2.24, 2.45) is 7.05 Å². The Morgan fingerprint density at radius 3 is 2.62 bits per heavy atom. The number of ether oxygens (including phenoxy) is 1. The van der Waals surface area contributed by atoms with Crippen LogP contribution in [0.25, 0.3) is 0 Å². The highest BCUT2D eigenvalue weighted by Gasteiger charge is 2.20. The molecule has 0 atom stereocenters. The van der Waals surface area contributed by atoms with Crippen molar-refractivity contribution < 1.29 is 4.74 Å². The van der Waals surface area contributed by atoms with E-state index in [1.54, 1.807) is 0 Å². The lowest BCUT2D eigenvalue weighted by molar-refractivity contribution is 0.0904. The maximum Gasteiger partial charge on any atom is 0.332 e. The highest BCUT2D eigenvalue weighted by atomic mass is 16.5. The number of nitrogen functional groups attached to an aromatic ring is 1. The quantitative estimate of drug-likeness (QED) is 0.826. The number of nitrogens with zero attached hydrogens (tertiary/aromatic N) is 2. The number of nitrogens with two attached hydrogens (primary N) is 1. The molecular formula is C14H24N4O3. The van der Waals surface area contributed by atoms with Gasteiger partial charge in [0.25, 0.3) is 5.56 Å². The normalized spacial score (nSPS) is 16.1. The van der Waals surface area contributed by atoms with E-state index in [4.69, 9.17) is 10.5 Å². The van der Waals surface area contributed by atoms with Crippen molar-refractivity contribution in [2.45, 2.75) is 45.2 Å². The highest BCUT2D eigenvalue weighted by Crippen LogP contribution is 2.17. The molecule has 118 valence electrons. The van der Waals surface area contributed by atoms with Gasteiger partial charge >= 0.3 is 5.69 Å². The lowest BCUT2D eigenvalue weighted by Gasteiger charge is -2.25. The van der Waals surface area contributed by atoms with E-state index in [1.165, 1.54) is 11.6 Å². The first-order valence-electron chi connectivity index (χ1n) is 7.49. The van der Waals surface area contributed by atoms with E-state index >= 15 is 0 Å². The van der Waals surface area contributed by atoms with Crippen LogP contribution in [0.4, 0.5) is 11.5 Å². The third kappa shape index (κ3) is 3.29. The Bertz CT molecular complexity index is 599. The van der Waals surface area contributed by atoms with E-state index in [2.05, 4.69) is 5.32 Å². The van der Waals surface area contributed by atoms with Crippen molar-refractivity contribution >= 4 is 11.5 Å². The zero-order chi connectivity index (χ0) is 15.4. The minimum atomic E-state index is -0.364. The maximum atomic E-state index is 12.3. The van der Waals surface area contributed by atoms with Crippen LogP contribution in [0.1, 0.15) is 32.6 Å². The standard InChI is InChI=1S/C14H24N4O3/c1-3-4-7-18-12(15)11(13(19)17(2)14(18)20)16-10-5-8-21-9-6-10/h10,16H,3-9,15H2,1-2H3. The predicted octanol–water partition coefficient (Wildman–Crippen LogP) is 0.520. The van der Waals surface area contributed by atoms with Crippen LogP contribution in [0.3, 0.4) is 0 Å². The summed E-state index contributed by atoms with van der Waals surface area (Å²) >= 11 is 0. The molecule has 0 saturated carbocycles. The Morgan fingerprint density at radius 2 is 2.00 bits per heavy atom. The molecule has 1 aliphatic heterocycles. The molecule has 0 unspecified atom stereocenters. The third-order valence-electron chi connectivity index (χ3n) is 3.89. The summed E-state index contributed by atoms with van der Waals surface area (Å²) in [5.74, 6) is 0.239. The van der Waals surface area contributed by atoms with E-state index in [1.807, 2.05) is 6.92 Å². The summed E-state index contributed by atoms with van der Waals surface area (Å²) in [4.78, 5) is 24.4. The van der Waals surface area contributed by atoms with Crippen molar-refractivity contribution in [2.75, 3.05) is 24.3 Å². The summed E-state index contributed by atoms with van der Waals surface area (Å²) in [6, 6.07) is 0.158. The van der Waals surface area contributed by atoms with Gasteiger partial charge in [-0.3, -0.25) is 13.9 Å². The summed E-state index contributed by atoms with van der Waals surface area (Å²) in [6.45, 7) is 3.92. The summed E-state index contributed by atoms with van der Waals surface area (Å²) in [6.07, 6.45) is 3.46. The molecule has 0 aliphatic carbocycles. The number of hydrogen-bond acceptors (Lipinski definition) is 5. The van der Waals surface area contributed by atoms with Gasteiger partial charge in [0.05, 0.1) is 0 Å². The van der Waals surface area contributed by atoms with Gasteiger partial charge < -0.3 is 15.8 Å². The van der Waals surface area contributed by atoms with Gasteiger partial charge in [-0.1, -0.05) is 13.3 Å². The van der Waals surface area contributed by atoms with Crippen LogP contribution in [-0.2, 0) is 18.3 Å². The van der Waals surface area contributed by atoms with Crippen molar-refractivity contribution in [1.29, 1.82) is 0 Å². The Hall–Kier alpha value is -1.76. The lowest BCUT2D eigenvalue weighted by atomic mass is 10.1. The first kappa shape index (κ1) is 15.6. The minimum absolute atomic E-state index is 0.158. The van der Waals surface area contributed by atoms with Gasteiger partial charge in [0.1, 0.15) is 11.5 Å². The molecule has 0 radical (unpaired) electrons. The molecule has 0 amide bonds. The van der Waals surface area contributed by atoms with Crippen LogP contribution >= 0.6 is 0 Å². The van der Waals surface area contributed by atoms with Gasteiger partial charge in [-0.25, -0.2) is 4.79 Å². The average Bonchev–Trinajstić information content (AvgIpc) is 2.51. The predicted molar refractivity (Wildman–Crippen MR) is 82.7 cm³/mol. The fraction of sp³-hybridized carbons (Fsp3) is 0.714. The second-order valence-corrected chi connectivity index (χ2v) is 5.44. The molecule has 0 bridgehead atoms. The molecule has 21 heavy (non-hydrogen) atoms. The monoisotopic (exact) mass is 296 g/mol. The Labute approximate surface area is 123 Å². The molecule has 0 aromatic carbocycles. The van der Waals surface area contributed by atoms with Crippen molar-refractivity contribution in [3.8, 4) is 0 Å². The number of aromatic nitrogens is 2. The van der Waals surface area contributed by atoms with E-state index in [9.17, 15) is 9.59 Å². The lowest BCUT2D eigenvalue weighted by Crippen LogP contribution is -2.42. The Kier molecular flexibility index (Phi) is 5.06. The molecule has 0 spiro atoms. The molecule has 1 aromatic rings. The van der Waals surface area contributed by atoms with Crippen LogP contribution in [-0.4, -0.2) is 28.4 Å².